The number of fused-ring (bicyclic) bond motifs is 1. The summed E-state index contributed by atoms with van der Waals surface area (Å²) in [5.41, 5.74) is 1.78. The van der Waals surface area contributed by atoms with E-state index in [-0.39, 0.29) is 11.5 Å². The van der Waals surface area contributed by atoms with Crippen molar-refractivity contribution in [1.29, 1.82) is 0 Å². The number of imidazole rings is 1. The minimum absolute atomic E-state index is 0.219. The summed E-state index contributed by atoms with van der Waals surface area (Å²) in [6.45, 7) is 1.83. The maximum Gasteiger partial charge on any atom is 0.323 e. The zero-order valence-corrected chi connectivity index (χ0v) is 14.4. The third-order valence-electron chi connectivity index (χ3n) is 4.57. The Bertz CT molecular complexity index is 1100. The molecule has 0 saturated carbocycles. The van der Waals surface area contributed by atoms with Gasteiger partial charge in [-0.15, -0.1) is 0 Å². The predicted molar refractivity (Wildman–Crippen MR) is 98.2 cm³/mol. The summed E-state index contributed by atoms with van der Waals surface area (Å²) in [6, 6.07) is 12.8. The second kappa shape index (κ2) is 6.21. The average Bonchev–Trinajstić information content (AvgIpc) is 3.19. The lowest BCUT2D eigenvalue weighted by atomic mass is 10.1. The number of carbonyl (C=O) groups excluding carboxylic acids is 3. The van der Waals surface area contributed by atoms with Gasteiger partial charge in [0.25, 0.3) is 11.8 Å². The first-order valence-corrected chi connectivity index (χ1v) is 8.45. The Morgan fingerprint density at radius 2 is 1.48 bits per heavy atom. The Kier molecular flexibility index (Phi) is 3.84. The van der Waals surface area contributed by atoms with Gasteiger partial charge in [-0.25, -0.2) is 9.69 Å². The number of nitrogens with one attached hydrogen (secondary N) is 2. The summed E-state index contributed by atoms with van der Waals surface area (Å²) in [4.78, 5) is 55.4. The molecule has 0 aliphatic carbocycles. The molecule has 0 fully saturated rings. The number of amides is 2. The fraction of sp³-hybridized carbons (Fsp3) is 0.100. The van der Waals surface area contributed by atoms with E-state index in [4.69, 9.17) is 0 Å². The SMILES string of the molecule is CCc1[nH]c(=O)[nH]c1C(=O)c1ccc(N2C(=O)c3ccccc3C2=O)cc1. The summed E-state index contributed by atoms with van der Waals surface area (Å²) < 4.78 is 0. The molecule has 0 saturated heterocycles. The largest absolute Gasteiger partial charge is 0.323 e. The number of hydrogen-bond donors (Lipinski definition) is 2. The van der Waals surface area contributed by atoms with Gasteiger partial charge in [-0.2, -0.15) is 0 Å². The number of anilines is 1. The zero-order valence-electron chi connectivity index (χ0n) is 14.4. The number of rotatable bonds is 4. The molecule has 1 aliphatic rings. The Morgan fingerprint density at radius 1 is 0.889 bits per heavy atom. The molecule has 0 spiro atoms. The van der Waals surface area contributed by atoms with Crippen molar-refractivity contribution in [3.63, 3.8) is 0 Å². The van der Waals surface area contributed by atoms with Crippen LogP contribution in [-0.2, 0) is 6.42 Å². The minimum Gasteiger partial charge on any atom is -0.309 e. The summed E-state index contributed by atoms with van der Waals surface area (Å²) >= 11 is 0. The number of H-pyrrole nitrogens is 2. The monoisotopic (exact) mass is 361 g/mol. The first-order valence-electron chi connectivity index (χ1n) is 8.45. The number of benzene rings is 2. The number of ketones is 1. The van der Waals surface area contributed by atoms with Crippen molar-refractivity contribution in [2.75, 3.05) is 4.90 Å². The van der Waals surface area contributed by atoms with E-state index < -0.39 is 17.5 Å². The summed E-state index contributed by atoms with van der Waals surface area (Å²) in [7, 11) is 0. The van der Waals surface area contributed by atoms with Gasteiger partial charge in [-0.3, -0.25) is 14.4 Å². The van der Waals surface area contributed by atoms with Gasteiger partial charge in [0.05, 0.1) is 16.8 Å². The number of imide groups is 1. The van der Waals surface area contributed by atoms with Gasteiger partial charge in [-0.1, -0.05) is 19.1 Å². The van der Waals surface area contributed by atoms with Gasteiger partial charge >= 0.3 is 5.69 Å². The normalized spacial score (nSPS) is 13.1. The molecular formula is C20H15N3O4. The number of carbonyl (C=O) groups is 3. The highest BCUT2D eigenvalue weighted by Gasteiger charge is 2.36. The van der Waals surface area contributed by atoms with Crippen molar-refractivity contribution in [3.8, 4) is 0 Å². The minimum atomic E-state index is -0.433. The average molecular weight is 361 g/mol. The first-order chi connectivity index (χ1) is 13.0. The first kappa shape index (κ1) is 16.7. The highest BCUT2D eigenvalue weighted by atomic mass is 16.2. The van der Waals surface area contributed by atoms with Gasteiger partial charge in [0, 0.05) is 11.3 Å². The van der Waals surface area contributed by atoms with Crippen molar-refractivity contribution in [3.05, 3.63) is 87.1 Å². The van der Waals surface area contributed by atoms with Crippen LogP contribution in [0.15, 0.2) is 53.3 Å². The molecular weight excluding hydrogens is 346 g/mol. The predicted octanol–water partition coefficient (Wildman–Crippen LogP) is 2.30. The molecule has 2 N–H and O–H groups in total. The number of aromatic nitrogens is 2. The van der Waals surface area contributed by atoms with Crippen molar-refractivity contribution >= 4 is 23.3 Å². The van der Waals surface area contributed by atoms with Crippen molar-refractivity contribution < 1.29 is 14.4 Å². The van der Waals surface area contributed by atoms with E-state index in [0.29, 0.717) is 34.5 Å². The summed E-state index contributed by atoms with van der Waals surface area (Å²) in [5, 5.41) is 0. The highest BCUT2D eigenvalue weighted by molar-refractivity contribution is 6.34. The lowest BCUT2D eigenvalue weighted by molar-refractivity contribution is 0.0925. The molecule has 0 radical (unpaired) electrons. The van der Waals surface area contributed by atoms with Crippen LogP contribution in [0.25, 0.3) is 0 Å². The van der Waals surface area contributed by atoms with Gasteiger partial charge in [0.2, 0.25) is 5.78 Å². The Balaban J connectivity index is 1.65. The lowest BCUT2D eigenvalue weighted by Crippen LogP contribution is -2.29. The molecule has 0 bridgehead atoms. The van der Waals surface area contributed by atoms with E-state index in [9.17, 15) is 19.2 Å². The number of nitrogens with zero attached hydrogens (tertiary/aromatic N) is 1. The van der Waals surface area contributed by atoms with E-state index in [1.165, 1.54) is 12.1 Å². The molecule has 0 atom stereocenters. The molecule has 2 heterocycles. The van der Waals surface area contributed by atoms with Crippen molar-refractivity contribution in [1.82, 2.24) is 9.97 Å². The molecule has 0 unspecified atom stereocenters. The second-order valence-corrected chi connectivity index (χ2v) is 6.15. The number of aromatic amines is 2. The maximum absolute atomic E-state index is 12.6. The molecule has 2 aromatic carbocycles. The molecule has 2 amide bonds. The lowest BCUT2D eigenvalue weighted by Gasteiger charge is -2.14. The molecule has 27 heavy (non-hydrogen) atoms. The fourth-order valence-electron chi connectivity index (χ4n) is 3.21. The highest BCUT2D eigenvalue weighted by Crippen LogP contribution is 2.28. The second-order valence-electron chi connectivity index (χ2n) is 6.15. The van der Waals surface area contributed by atoms with Gasteiger partial charge in [0.1, 0.15) is 5.69 Å². The molecule has 134 valence electrons. The standard InChI is InChI=1S/C20H15N3O4/c1-2-15-16(22-20(27)21-15)17(24)11-7-9-12(10-8-11)23-18(25)13-5-3-4-6-14(13)19(23)26/h3-10H,2H2,1H3,(H2,21,22,27). The third-order valence-corrected chi connectivity index (χ3v) is 4.57. The molecule has 1 aromatic heterocycles. The van der Waals surface area contributed by atoms with Crippen LogP contribution in [0.4, 0.5) is 5.69 Å². The Labute approximate surface area is 153 Å². The molecule has 4 rings (SSSR count). The van der Waals surface area contributed by atoms with Crippen LogP contribution in [0.3, 0.4) is 0 Å². The van der Waals surface area contributed by atoms with Crippen LogP contribution in [0.1, 0.15) is 49.4 Å². The van der Waals surface area contributed by atoms with E-state index >= 15 is 0 Å². The molecule has 7 heteroatoms. The van der Waals surface area contributed by atoms with Gasteiger partial charge < -0.3 is 9.97 Å². The Morgan fingerprint density at radius 3 is 2.04 bits per heavy atom. The van der Waals surface area contributed by atoms with Crippen LogP contribution in [0.5, 0.6) is 0 Å². The van der Waals surface area contributed by atoms with Crippen LogP contribution >= 0.6 is 0 Å². The molecule has 3 aromatic rings. The van der Waals surface area contributed by atoms with E-state index in [1.807, 2.05) is 6.92 Å². The van der Waals surface area contributed by atoms with Crippen LogP contribution in [-0.4, -0.2) is 27.6 Å². The summed E-state index contributed by atoms with van der Waals surface area (Å²) in [6.07, 6.45) is 0.507. The summed E-state index contributed by atoms with van der Waals surface area (Å²) in [5.74, 6) is -1.12. The van der Waals surface area contributed by atoms with Crippen LogP contribution in [0, 0.1) is 0 Å². The topological polar surface area (TPSA) is 103 Å². The van der Waals surface area contributed by atoms with Crippen LogP contribution < -0.4 is 10.6 Å². The zero-order chi connectivity index (χ0) is 19.1. The number of aryl methyl sites for hydroxylation is 1. The maximum atomic E-state index is 12.6. The van der Waals surface area contributed by atoms with Crippen molar-refractivity contribution in [2.45, 2.75) is 13.3 Å². The quantitative estimate of drug-likeness (QED) is 0.550. The van der Waals surface area contributed by atoms with E-state index in [0.717, 1.165) is 4.90 Å². The smallest absolute Gasteiger partial charge is 0.309 e. The van der Waals surface area contributed by atoms with E-state index in [1.54, 1.807) is 36.4 Å². The van der Waals surface area contributed by atoms with Gasteiger partial charge in [0.15, 0.2) is 0 Å². The molecule has 1 aliphatic heterocycles. The van der Waals surface area contributed by atoms with E-state index in [2.05, 4.69) is 9.97 Å². The Hall–Kier alpha value is -3.74. The van der Waals surface area contributed by atoms with Crippen LogP contribution in [0.2, 0.25) is 0 Å². The molecule has 7 nitrogen and oxygen atoms in total. The fourth-order valence-corrected chi connectivity index (χ4v) is 3.21. The third kappa shape index (κ3) is 2.60. The van der Waals surface area contributed by atoms with Gasteiger partial charge in [-0.05, 0) is 42.8 Å². The van der Waals surface area contributed by atoms with Crippen molar-refractivity contribution in [2.24, 2.45) is 0 Å². The number of hydrogen-bond acceptors (Lipinski definition) is 4.